The maximum absolute atomic E-state index is 11.3. The van der Waals surface area contributed by atoms with Gasteiger partial charge in [0.25, 0.3) is 0 Å². The van der Waals surface area contributed by atoms with Crippen LogP contribution in [0, 0.1) is 5.41 Å². The maximum atomic E-state index is 11.3. The number of Topliss-reactive ketones (excluding diaryl/α,β-unsaturated/α-hetero) is 1. The normalized spacial score (nSPS) is 18.6. The fraction of sp³-hybridized carbons (Fsp3) is 0.286. The highest BCUT2D eigenvalue weighted by Gasteiger charge is 2.51. The van der Waals surface area contributed by atoms with E-state index in [1.54, 1.807) is 6.92 Å². The largest absolute Gasteiger partial charge is 0.481 e. The van der Waals surface area contributed by atoms with Crippen molar-refractivity contribution in [1.82, 2.24) is 0 Å². The van der Waals surface area contributed by atoms with Gasteiger partial charge in [0.05, 0.1) is 0 Å². The Bertz CT molecular complexity index is 477. The summed E-state index contributed by atoms with van der Waals surface area (Å²) in [4.78, 5) is 22.4. The van der Waals surface area contributed by atoms with Gasteiger partial charge in [0.15, 0.2) is 0 Å². The van der Waals surface area contributed by atoms with Crippen LogP contribution in [0.15, 0.2) is 35.9 Å². The number of ketones is 1. The number of carboxylic acids is 1. The first-order valence-corrected chi connectivity index (χ1v) is 5.53. The zero-order valence-electron chi connectivity index (χ0n) is 9.64. The van der Waals surface area contributed by atoms with Crippen molar-refractivity contribution in [1.29, 1.82) is 0 Å². The average molecular weight is 230 g/mol. The molecule has 0 spiro atoms. The van der Waals surface area contributed by atoms with Crippen LogP contribution in [-0.2, 0) is 9.59 Å². The molecule has 3 nitrogen and oxygen atoms in total. The van der Waals surface area contributed by atoms with Gasteiger partial charge < -0.3 is 5.11 Å². The van der Waals surface area contributed by atoms with Gasteiger partial charge in [0.1, 0.15) is 11.2 Å². The van der Waals surface area contributed by atoms with E-state index < -0.39 is 11.4 Å². The Morgan fingerprint density at radius 1 is 1.29 bits per heavy atom. The molecule has 0 amide bonds. The molecular weight excluding hydrogens is 216 g/mol. The second-order valence-electron chi connectivity index (χ2n) is 4.52. The van der Waals surface area contributed by atoms with E-state index in [0.717, 1.165) is 11.1 Å². The van der Waals surface area contributed by atoms with Gasteiger partial charge in [-0.15, -0.1) is 0 Å². The monoisotopic (exact) mass is 230 g/mol. The van der Waals surface area contributed by atoms with Crippen LogP contribution in [0.3, 0.4) is 0 Å². The third-order valence-corrected chi connectivity index (χ3v) is 3.34. The van der Waals surface area contributed by atoms with E-state index in [1.165, 1.54) is 0 Å². The molecule has 1 aromatic carbocycles. The zero-order valence-corrected chi connectivity index (χ0v) is 9.64. The van der Waals surface area contributed by atoms with E-state index in [9.17, 15) is 14.7 Å². The van der Waals surface area contributed by atoms with Crippen LogP contribution in [0.25, 0.3) is 6.08 Å². The Hall–Kier alpha value is -1.90. The Morgan fingerprint density at radius 2 is 1.88 bits per heavy atom. The summed E-state index contributed by atoms with van der Waals surface area (Å²) in [5, 5.41) is 9.26. The van der Waals surface area contributed by atoms with E-state index >= 15 is 0 Å². The molecule has 3 heteroatoms. The van der Waals surface area contributed by atoms with Crippen molar-refractivity contribution in [2.75, 3.05) is 0 Å². The van der Waals surface area contributed by atoms with Crippen LogP contribution in [0.2, 0.25) is 0 Å². The van der Waals surface area contributed by atoms with Crippen molar-refractivity contribution >= 4 is 17.8 Å². The van der Waals surface area contributed by atoms with Crippen molar-refractivity contribution in [3.05, 3.63) is 41.5 Å². The summed E-state index contributed by atoms with van der Waals surface area (Å²) in [5.41, 5.74) is 0.744. The highest BCUT2D eigenvalue weighted by Crippen LogP contribution is 2.45. The standard InChI is InChI=1S/C14H14O3/c1-10(7-11-5-3-2-4-6-11)14(13(16)17)8-12(15)9-14/h2-7H,8-9H2,1H3,(H,16,17)/b10-7+. The number of aliphatic carboxylic acids is 1. The quantitative estimate of drug-likeness (QED) is 0.868. The first-order chi connectivity index (χ1) is 8.04. The molecule has 0 aliphatic heterocycles. The van der Waals surface area contributed by atoms with E-state index in [2.05, 4.69) is 0 Å². The fourth-order valence-corrected chi connectivity index (χ4v) is 2.16. The summed E-state index contributed by atoms with van der Waals surface area (Å²) in [6, 6.07) is 9.54. The van der Waals surface area contributed by atoms with Gasteiger partial charge in [-0.1, -0.05) is 42.0 Å². The molecule has 0 atom stereocenters. The molecule has 0 bridgehead atoms. The van der Waals surface area contributed by atoms with Crippen molar-refractivity contribution in [2.24, 2.45) is 5.41 Å². The van der Waals surface area contributed by atoms with Crippen LogP contribution in [-0.4, -0.2) is 16.9 Å². The lowest BCUT2D eigenvalue weighted by Crippen LogP contribution is -2.45. The van der Waals surface area contributed by atoms with Crippen LogP contribution < -0.4 is 0 Å². The molecule has 1 aliphatic rings. The van der Waals surface area contributed by atoms with Crippen LogP contribution >= 0.6 is 0 Å². The average Bonchev–Trinajstić information content (AvgIpc) is 2.25. The SMILES string of the molecule is C/C(=C\c1ccccc1)C1(C(=O)O)CC(=O)C1. The van der Waals surface area contributed by atoms with Gasteiger partial charge in [-0.25, -0.2) is 0 Å². The zero-order chi connectivity index (χ0) is 12.5. The number of carbonyl (C=O) groups is 2. The lowest BCUT2D eigenvalue weighted by Gasteiger charge is -2.37. The summed E-state index contributed by atoms with van der Waals surface area (Å²) < 4.78 is 0. The third kappa shape index (κ3) is 2.00. The smallest absolute Gasteiger partial charge is 0.314 e. The highest BCUT2D eigenvalue weighted by atomic mass is 16.4. The molecule has 1 saturated carbocycles. The number of benzene rings is 1. The Labute approximate surface area is 99.8 Å². The Balaban J connectivity index is 2.30. The van der Waals surface area contributed by atoms with E-state index in [0.29, 0.717) is 0 Å². The maximum Gasteiger partial charge on any atom is 0.314 e. The predicted molar refractivity (Wildman–Crippen MR) is 64.4 cm³/mol. The van der Waals surface area contributed by atoms with Crippen LogP contribution in [0.1, 0.15) is 25.3 Å². The number of rotatable bonds is 3. The topological polar surface area (TPSA) is 54.4 Å². The molecule has 0 unspecified atom stereocenters. The molecule has 2 rings (SSSR count). The molecule has 1 fully saturated rings. The van der Waals surface area contributed by atoms with Crippen molar-refractivity contribution in [3.63, 3.8) is 0 Å². The van der Waals surface area contributed by atoms with Gasteiger partial charge in [0.2, 0.25) is 0 Å². The van der Waals surface area contributed by atoms with Crippen molar-refractivity contribution in [2.45, 2.75) is 19.8 Å². The second kappa shape index (κ2) is 4.17. The molecule has 0 saturated heterocycles. The van der Waals surface area contributed by atoms with Crippen LogP contribution in [0.4, 0.5) is 0 Å². The number of hydrogen-bond donors (Lipinski definition) is 1. The minimum absolute atomic E-state index is 0.0215. The van der Waals surface area contributed by atoms with Crippen molar-refractivity contribution < 1.29 is 14.7 Å². The summed E-state index contributed by atoms with van der Waals surface area (Å²) in [5.74, 6) is -0.880. The van der Waals surface area contributed by atoms with E-state index in [1.807, 2.05) is 36.4 Å². The summed E-state index contributed by atoms with van der Waals surface area (Å²) in [6.45, 7) is 1.79. The van der Waals surface area contributed by atoms with Gasteiger partial charge in [-0.2, -0.15) is 0 Å². The second-order valence-corrected chi connectivity index (χ2v) is 4.52. The molecular formula is C14H14O3. The molecule has 1 aromatic rings. The lowest BCUT2D eigenvalue weighted by atomic mass is 9.63. The van der Waals surface area contributed by atoms with Crippen molar-refractivity contribution in [3.8, 4) is 0 Å². The minimum atomic E-state index is -0.965. The Morgan fingerprint density at radius 3 is 2.35 bits per heavy atom. The lowest BCUT2D eigenvalue weighted by molar-refractivity contribution is -0.157. The summed E-state index contributed by atoms with van der Waals surface area (Å²) in [7, 11) is 0. The summed E-state index contributed by atoms with van der Waals surface area (Å²) in [6.07, 6.45) is 2.09. The molecule has 1 N–H and O–H groups in total. The van der Waals surface area contributed by atoms with Gasteiger partial charge >= 0.3 is 5.97 Å². The molecule has 17 heavy (non-hydrogen) atoms. The third-order valence-electron chi connectivity index (χ3n) is 3.34. The highest BCUT2D eigenvalue weighted by molar-refractivity contribution is 6.00. The molecule has 88 valence electrons. The van der Waals surface area contributed by atoms with Gasteiger partial charge in [0, 0.05) is 12.8 Å². The van der Waals surface area contributed by atoms with Crippen LogP contribution in [0.5, 0.6) is 0 Å². The number of carboxylic acid groups (broad SMARTS) is 1. The number of hydrogen-bond acceptors (Lipinski definition) is 2. The van der Waals surface area contributed by atoms with E-state index in [-0.39, 0.29) is 18.6 Å². The fourth-order valence-electron chi connectivity index (χ4n) is 2.16. The number of carbonyl (C=O) groups excluding carboxylic acids is 1. The predicted octanol–water partition coefficient (Wildman–Crippen LogP) is 2.52. The first-order valence-electron chi connectivity index (χ1n) is 5.53. The Kier molecular flexibility index (Phi) is 2.84. The minimum Gasteiger partial charge on any atom is -0.481 e. The first kappa shape index (κ1) is 11.6. The van der Waals surface area contributed by atoms with E-state index in [4.69, 9.17) is 0 Å². The van der Waals surface area contributed by atoms with Gasteiger partial charge in [-0.05, 0) is 12.5 Å². The summed E-state index contributed by atoms with van der Waals surface area (Å²) >= 11 is 0. The molecule has 1 aliphatic carbocycles. The molecule has 0 aromatic heterocycles. The molecule has 0 radical (unpaired) electrons. The van der Waals surface area contributed by atoms with Gasteiger partial charge in [-0.3, -0.25) is 9.59 Å². The molecule has 0 heterocycles.